The van der Waals surface area contributed by atoms with E-state index in [1.54, 1.807) is 4.90 Å². The number of unbranched alkanes of at least 4 members (excludes halogenated alkanes) is 5. The molecule has 0 unspecified atom stereocenters. The van der Waals surface area contributed by atoms with Gasteiger partial charge in [0.15, 0.2) is 0 Å². The summed E-state index contributed by atoms with van der Waals surface area (Å²) in [5, 5.41) is 0. The number of benzene rings is 1. The Morgan fingerprint density at radius 2 is 1.56 bits per heavy atom. The molecule has 0 saturated heterocycles. The number of ether oxygens (including phenoxy) is 2. The summed E-state index contributed by atoms with van der Waals surface area (Å²) in [5.41, 5.74) is 1.02. The molecule has 0 atom stereocenters. The predicted octanol–water partition coefficient (Wildman–Crippen LogP) is 6.27. The molecule has 1 aliphatic carbocycles. The minimum absolute atomic E-state index is 0.228. The van der Waals surface area contributed by atoms with Crippen molar-refractivity contribution < 1.29 is 14.3 Å². The van der Waals surface area contributed by atoms with E-state index in [9.17, 15) is 4.79 Å². The average molecular weight is 447 g/mol. The highest BCUT2D eigenvalue weighted by Gasteiger charge is 2.27. The minimum atomic E-state index is -0.228. The van der Waals surface area contributed by atoms with Crippen molar-refractivity contribution in [1.82, 2.24) is 9.80 Å². The number of rotatable bonds is 15. The van der Waals surface area contributed by atoms with E-state index >= 15 is 0 Å². The predicted molar refractivity (Wildman–Crippen MR) is 132 cm³/mol. The Morgan fingerprint density at radius 3 is 2.25 bits per heavy atom. The molecule has 5 nitrogen and oxygen atoms in total. The fraction of sp³-hybridized carbons (Fsp3) is 0.741. The molecular formula is C27H46N2O3. The van der Waals surface area contributed by atoms with Crippen LogP contribution in [0.15, 0.2) is 30.3 Å². The first kappa shape index (κ1) is 26.7. The molecule has 2 rings (SSSR count). The third-order valence-electron chi connectivity index (χ3n) is 6.62. The van der Waals surface area contributed by atoms with Crippen LogP contribution in [0.5, 0.6) is 0 Å². The van der Waals surface area contributed by atoms with Crippen LogP contribution < -0.4 is 0 Å². The lowest BCUT2D eigenvalue weighted by atomic mass is 9.92. The average Bonchev–Trinajstić information content (AvgIpc) is 2.82. The number of carbonyl (C=O) groups is 1. The van der Waals surface area contributed by atoms with Gasteiger partial charge in [0.25, 0.3) is 0 Å². The monoisotopic (exact) mass is 446 g/mol. The second-order valence-corrected chi connectivity index (χ2v) is 9.38. The van der Waals surface area contributed by atoms with Crippen LogP contribution in [0.3, 0.4) is 0 Å². The van der Waals surface area contributed by atoms with E-state index in [1.165, 1.54) is 51.6 Å². The number of nitrogens with zero attached hydrogens (tertiary/aromatic N) is 2. The number of hydrogen-bond acceptors (Lipinski definition) is 4. The molecule has 0 radical (unpaired) electrons. The molecule has 0 bridgehead atoms. The van der Waals surface area contributed by atoms with E-state index in [4.69, 9.17) is 9.47 Å². The van der Waals surface area contributed by atoms with Gasteiger partial charge >= 0.3 is 6.09 Å². The summed E-state index contributed by atoms with van der Waals surface area (Å²) in [5.74, 6) is 0. The van der Waals surface area contributed by atoms with Crippen LogP contribution >= 0.6 is 0 Å². The Kier molecular flexibility index (Phi) is 13.4. The summed E-state index contributed by atoms with van der Waals surface area (Å²) >= 11 is 0. The molecule has 1 aliphatic rings. The van der Waals surface area contributed by atoms with Crippen molar-refractivity contribution in [2.45, 2.75) is 96.3 Å². The SMILES string of the molecule is CCCCCN(C)CCCCCCO[C@H]1CC[C@H](N(C)C(=O)OCc2ccccc2)CC1. The summed E-state index contributed by atoms with van der Waals surface area (Å²) in [6.45, 7) is 5.92. The second kappa shape index (κ2) is 16.1. The van der Waals surface area contributed by atoms with Gasteiger partial charge in [-0.15, -0.1) is 0 Å². The van der Waals surface area contributed by atoms with E-state index in [0.29, 0.717) is 12.7 Å². The standard InChI is InChI=1S/C27H46N2O3/c1-4-5-11-20-28(2)21-12-6-7-13-22-31-26-18-16-25(17-19-26)29(3)27(30)32-23-24-14-9-8-10-15-24/h8-10,14-15,25-26H,4-7,11-13,16-23H2,1-3H3/t25-,26-. The van der Waals surface area contributed by atoms with Gasteiger partial charge in [-0.2, -0.15) is 0 Å². The zero-order chi connectivity index (χ0) is 23.0. The third-order valence-corrected chi connectivity index (χ3v) is 6.62. The highest BCUT2D eigenvalue weighted by Crippen LogP contribution is 2.25. The van der Waals surface area contributed by atoms with Crippen molar-refractivity contribution in [3.8, 4) is 0 Å². The van der Waals surface area contributed by atoms with E-state index < -0.39 is 0 Å². The van der Waals surface area contributed by atoms with Crippen molar-refractivity contribution in [2.75, 3.05) is 33.8 Å². The lowest BCUT2D eigenvalue weighted by Crippen LogP contribution is -2.41. The largest absolute Gasteiger partial charge is 0.445 e. The van der Waals surface area contributed by atoms with Gasteiger partial charge in [0.05, 0.1) is 6.10 Å². The van der Waals surface area contributed by atoms with Gasteiger partial charge in [0, 0.05) is 19.7 Å². The smallest absolute Gasteiger partial charge is 0.410 e. The minimum Gasteiger partial charge on any atom is -0.445 e. The highest BCUT2D eigenvalue weighted by atomic mass is 16.6. The van der Waals surface area contributed by atoms with Crippen LogP contribution in [0, 0.1) is 0 Å². The highest BCUT2D eigenvalue weighted by molar-refractivity contribution is 5.67. The van der Waals surface area contributed by atoms with Crippen LogP contribution in [0.1, 0.15) is 83.1 Å². The molecule has 5 heteroatoms. The first-order valence-corrected chi connectivity index (χ1v) is 12.8. The summed E-state index contributed by atoms with van der Waals surface area (Å²) in [4.78, 5) is 16.6. The number of carbonyl (C=O) groups excluding carboxylic acids is 1. The summed E-state index contributed by atoms with van der Waals surface area (Å²) in [6.07, 6.45) is 13.1. The summed E-state index contributed by atoms with van der Waals surface area (Å²) in [7, 11) is 4.11. The van der Waals surface area contributed by atoms with Crippen molar-refractivity contribution in [3.63, 3.8) is 0 Å². The second-order valence-electron chi connectivity index (χ2n) is 9.38. The Bertz CT molecular complexity index is 602. The van der Waals surface area contributed by atoms with Crippen LogP contribution in [0.4, 0.5) is 4.79 Å². The Balaban J connectivity index is 1.48. The van der Waals surface area contributed by atoms with Gasteiger partial charge in [-0.25, -0.2) is 4.79 Å². The molecule has 0 N–H and O–H groups in total. The van der Waals surface area contributed by atoms with Crippen LogP contribution in [-0.4, -0.2) is 61.8 Å². The molecule has 0 aliphatic heterocycles. The van der Waals surface area contributed by atoms with Gasteiger partial charge < -0.3 is 19.3 Å². The lowest BCUT2D eigenvalue weighted by molar-refractivity contribution is 0.00692. The van der Waals surface area contributed by atoms with Crippen LogP contribution in [-0.2, 0) is 16.1 Å². The van der Waals surface area contributed by atoms with Crippen molar-refractivity contribution in [2.24, 2.45) is 0 Å². The van der Waals surface area contributed by atoms with Crippen LogP contribution in [0.25, 0.3) is 0 Å². The molecule has 1 aromatic rings. The maximum Gasteiger partial charge on any atom is 0.410 e. The van der Waals surface area contributed by atoms with E-state index in [2.05, 4.69) is 18.9 Å². The van der Waals surface area contributed by atoms with Gasteiger partial charge in [-0.3, -0.25) is 0 Å². The molecule has 1 amide bonds. The maximum absolute atomic E-state index is 12.4. The van der Waals surface area contributed by atoms with Gasteiger partial charge in [0.2, 0.25) is 0 Å². The fourth-order valence-electron chi connectivity index (χ4n) is 4.40. The molecule has 0 heterocycles. The topological polar surface area (TPSA) is 42.0 Å². The number of amides is 1. The zero-order valence-corrected chi connectivity index (χ0v) is 20.8. The first-order valence-electron chi connectivity index (χ1n) is 12.8. The van der Waals surface area contributed by atoms with Crippen LogP contribution in [0.2, 0.25) is 0 Å². The summed E-state index contributed by atoms with van der Waals surface area (Å²) < 4.78 is 11.6. The van der Waals surface area contributed by atoms with Gasteiger partial charge in [0.1, 0.15) is 6.61 Å². The fourth-order valence-corrected chi connectivity index (χ4v) is 4.40. The van der Waals surface area contributed by atoms with Crippen molar-refractivity contribution in [1.29, 1.82) is 0 Å². The van der Waals surface area contributed by atoms with E-state index in [-0.39, 0.29) is 12.1 Å². The van der Waals surface area contributed by atoms with Gasteiger partial charge in [-0.1, -0.05) is 62.9 Å². The molecule has 0 aromatic heterocycles. The Labute approximate surface area is 196 Å². The van der Waals surface area contributed by atoms with Crippen molar-refractivity contribution in [3.05, 3.63) is 35.9 Å². The van der Waals surface area contributed by atoms with Gasteiger partial charge in [-0.05, 0) is 70.6 Å². The molecule has 32 heavy (non-hydrogen) atoms. The first-order chi connectivity index (χ1) is 15.6. The molecular weight excluding hydrogens is 400 g/mol. The van der Waals surface area contributed by atoms with Crippen molar-refractivity contribution >= 4 is 6.09 Å². The van der Waals surface area contributed by atoms with E-state index in [1.807, 2.05) is 37.4 Å². The Morgan fingerprint density at radius 1 is 0.906 bits per heavy atom. The lowest BCUT2D eigenvalue weighted by Gasteiger charge is -2.34. The molecule has 182 valence electrons. The Hall–Kier alpha value is -1.59. The molecule has 1 fully saturated rings. The molecule has 0 spiro atoms. The molecule has 1 saturated carbocycles. The summed E-state index contributed by atoms with van der Waals surface area (Å²) in [6, 6.07) is 10.1. The third kappa shape index (κ3) is 10.8. The number of hydrogen-bond donors (Lipinski definition) is 0. The quantitative estimate of drug-likeness (QED) is 0.298. The normalized spacial score (nSPS) is 18.6. The van der Waals surface area contributed by atoms with E-state index in [0.717, 1.165) is 44.3 Å². The zero-order valence-electron chi connectivity index (χ0n) is 20.8. The maximum atomic E-state index is 12.4. The molecule has 1 aromatic carbocycles.